The Labute approximate surface area is 126 Å². The van der Waals surface area contributed by atoms with Crippen LogP contribution in [0.4, 0.5) is 13.2 Å². The van der Waals surface area contributed by atoms with Crippen LogP contribution in [0.2, 0.25) is 0 Å². The molecule has 0 aliphatic carbocycles. The number of halogens is 3. The Bertz CT molecular complexity index is 649. The molecule has 0 saturated heterocycles. The molecule has 118 valence electrons. The summed E-state index contributed by atoms with van der Waals surface area (Å²) in [5.74, 6) is 0.807. The second kappa shape index (κ2) is 6.74. The van der Waals surface area contributed by atoms with Gasteiger partial charge in [0.2, 0.25) is 0 Å². The third kappa shape index (κ3) is 4.42. The lowest BCUT2D eigenvalue weighted by molar-refractivity contribution is -0.137. The lowest BCUT2D eigenvalue weighted by Gasteiger charge is -2.06. The molecule has 22 heavy (non-hydrogen) atoms. The van der Waals surface area contributed by atoms with E-state index in [2.05, 4.69) is 15.5 Å². The van der Waals surface area contributed by atoms with Crippen LogP contribution in [0.25, 0.3) is 12.2 Å². The Balaban J connectivity index is 2.09. The molecule has 7 heteroatoms. The van der Waals surface area contributed by atoms with Crippen LogP contribution in [0, 0.1) is 0 Å². The maximum Gasteiger partial charge on any atom is 0.416 e. The van der Waals surface area contributed by atoms with E-state index in [-0.39, 0.29) is 11.9 Å². The van der Waals surface area contributed by atoms with Gasteiger partial charge in [-0.1, -0.05) is 17.3 Å². The summed E-state index contributed by atoms with van der Waals surface area (Å²) in [5.41, 5.74) is -0.276. The topological polar surface area (TPSA) is 51.0 Å². The smallest absolute Gasteiger partial charge is 0.335 e. The summed E-state index contributed by atoms with van der Waals surface area (Å²) in [6.07, 6.45) is -0.744. The van der Waals surface area contributed by atoms with Crippen molar-refractivity contribution in [1.29, 1.82) is 0 Å². The van der Waals surface area contributed by atoms with Crippen LogP contribution in [0.5, 0.6) is 0 Å². The number of nitrogens with one attached hydrogen (secondary N) is 1. The quantitative estimate of drug-likeness (QED) is 0.919. The van der Waals surface area contributed by atoms with Crippen molar-refractivity contribution in [2.75, 3.05) is 7.05 Å². The van der Waals surface area contributed by atoms with Gasteiger partial charge in [0.1, 0.15) is 0 Å². The first-order chi connectivity index (χ1) is 10.4. The molecule has 0 spiro atoms. The average Bonchev–Trinajstić information content (AvgIpc) is 2.92. The highest BCUT2D eigenvalue weighted by Crippen LogP contribution is 2.29. The third-order valence-corrected chi connectivity index (χ3v) is 3.10. The van der Waals surface area contributed by atoms with Crippen molar-refractivity contribution >= 4 is 12.2 Å². The molecule has 1 heterocycles. The van der Waals surface area contributed by atoms with Crippen LogP contribution in [-0.2, 0) is 12.6 Å². The van der Waals surface area contributed by atoms with Crippen LogP contribution in [0.1, 0.15) is 29.8 Å². The van der Waals surface area contributed by atoms with Crippen LogP contribution in [-0.4, -0.2) is 23.2 Å². The number of rotatable bonds is 5. The second-order valence-electron chi connectivity index (χ2n) is 4.90. The third-order valence-electron chi connectivity index (χ3n) is 3.10. The molecular formula is C15H16F3N3O. The van der Waals surface area contributed by atoms with E-state index in [1.165, 1.54) is 18.2 Å². The Kier molecular flexibility index (Phi) is 4.97. The van der Waals surface area contributed by atoms with Crippen molar-refractivity contribution < 1.29 is 17.7 Å². The average molecular weight is 311 g/mol. The van der Waals surface area contributed by atoms with Gasteiger partial charge < -0.3 is 9.84 Å². The van der Waals surface area contributed by atoms with E-state index in [9.17, 15) is 13.2 Å². The Morgan fingerprint density at radius 2 is 2.09 bits per heavy atom. The van der Waals surface area contributed by atoms with Gasteiger partial charge in [-0.3, -0.25) is 0 Å². The van der Waals surface area contributed by atoms with Crippen LogP contribution in [0.3, 0.4) is 0 Å². The van der Waals surface area contributed by atoms with Gasteiger partial charge in [-0.15, -0.1) is 0 Å². The maximum atomic E-state index is 12.6. The molecule has 0 fully saturated rings. The van der Waals surface area contributed by atoms with Crippen molar-refractivity contribution in [3.63, 3.8) is 0 Å². The molecule has 0 bridgehead atoms. The summed E-state index contributed by atoms with van der Waals surface area (Å²) in [5, 5.41) is 6.87. The molecule has 0 aliphatic rings. The van der Waals surface area contributed by atoms with Crippen molar-refractivity contribution in [2.24, 2.45) is 0 Å². The Hall–Kier alpha value is -2.15. The van der Waals surface area contributed by atoms with E-state index in [0.29, 0.717) is 17.8 Å². The molecular weight excluding hydrogens is 295 g/mol. The number of hydrogen-bond donors (Lipinski definition) is 1. The van der Waals surface area contributed by atoms with Gasteiger partial charge in [-0.2, -0.15) is 18.2 Å². The fraction of sp³-hybridized carbons (Fsp3) is 0.333. The minimum Gasteiger partial charge on any atom is -0.335 e. The Morgan fingerprint density at radius 3 is 2.77 bits per heavy atom. The van der Waals surface area contributed by atoms with Gasteiger partial charge >= 0.3 is 6.18 Å². The van der Waals surface area contributed by atoms with E-state index in [4.69, 9.17) is 4.52 Å². The fourth-order valence-corrected chi connectivity index (χ4v) is 1.78. The van der Waals surface area contributed by atoms with Gasteiger partial charge in [0, 0.05) is 18.5 Å². The van der Waals surface area contributed by atoms with E-state index in [1.54, 1.807) is 6.07 Å². The molecule has 1 atom stereocenters. The normalized spacial score (nSPS) is 13.7. The molecule has 1 aromatic carbocycles. The van der Waals surface area contributed by atoms with Crippen molar-refractivity contribution in [3.8, 4) is 0 Å². The highest BCUT2D eigenvalue weighted by Gasteiger charge is 2.30. The SMILES string of the molecule is CNC(C)Cc1noc(/C=C/c2cccc(C(F)(F)F)c2)n1. The minimum absolute atomic E-state index is 0.206. The Morgan fingerprint density at radius 1 is 1.32 bits per heavy atom. The number of benzene rings is 1. The first kappa shape index (κ1) is 16.2. The fourth-order valence-electron chi connectivity index (χ4n) is 1.78. The molecule has 2 rings (SSSR count). The molecule has 4 nitrogen and oxygen atoms in total. The lowest BCUT2D eigenvalue weighted by Crippen LogP contribution is -2.24. The summed E-state index contributed by atoms with van der Waals surface area (Å²) in [4.78, 5) is 4.16. The molecule has 1 aromatic heterocycles. The monoisotopic (exact) mass is 311 g/mol. The van der Waals surface area contributed by atoms with E-state index >= 15 is 0 Å². The summed E-state index contributed by atoms with van der Waals surface area (Å²) in [7, 11) is 1.83. The maximum absolute atomic E-state index is 12.6. The molecule has 2 aromatic rings. The van der Waals surface area contributed by atoms with Crippen molar-refractivity contribution in [1.82, 2.24) is 15.5 Å². The highest BCUT2D eigenvalue weighted by molar-refractivity contribution is 5.66. The zero-order valence-corrected chi connectivity index (χ0v) is 12.2. The molecule has 0 saturated carbocycles. The van der Waals surface area contributed by atoms with E-state index < -0.39 is 11.7 Å². The molecule has 1 N–H and O–H groups in total. The zero-order chi connectivity index (χ0) is 16.2. The van der Waals surface area contributed by atoms with Gasteiger partial charge in [0.05, 0.1) is 5.56 Å². The van der Waals surface area contributed by atoms with Crippen molar-refractivity contribution in [2.45, 2.75) is 25.6 Å². The predicted octanol–water partition coefficient (Wildman–Crippen LogP) is 3.41. The van der Waals surface area contributed by atoms with Crippen LogP contribution >= 0.6 is 0 Å². The van der Waals surface area contributed by atoms with Crippen LogP contribution in [0.15, 0.2) is 28.8 Å². The number of hydrogen-bond acceptors (Lipinski definition) is 4. The molecule has 1 unspecified atom stereocenters. The standard InChI is InChI=1S/C15H16F3N3O/c1-10(19-2)8-13-20-14(22-21-13)7-6-11-4-3-5-12(9-11)15(16,17)18/h3-7,9-10,19H,8H2,1-2H3/b7-6+. The van der Waals surface area contributed by atoms with E-state index in [0.717, 1.165) is 12.1 Å². The van der Waals surface area contributed by atoms with E-state index in [1.807, 2.05) is 14.0 Å². The van der Waals surface area contributed by atoms with Gasteiger partial charge in [0.25, 0.3) is 5.89 Å². The van der Waals surface area contributed by atoms with Gasteiger partial charge in [-0.05, 0) is 37.7 Å². The number of aromatic nitrogens is 2. The summed E-state index contributed by atoms with van der Waals surface area (Å²) in [6, 6.07) is 5.23. The second-order valence-corrected chi connectivity index (χ2v) is 4.90. The summed E-state index contributed by atoms with van der Waals surface area (Å²) >= 11 is 0. The van der Waals surface area contributed by atoms with Crippen LogP contribution < -0.4 is 5.32 Å². The summed E-state index contributed by atoms with van der Waals surface area (Å²) < 4.78 is 42.9. The molecule has 0 aliphatic heterocycles. The zero-order valence-electron chi connectivity index (χ0n) is 12.2. The highest BCUT2D eigenvalue weighted by atomic mass is 19.4. The van der Waals surface area contributed by atoms with Gasteiger partial charge in [-0.25, -0.2) is 0 Å². The molecule has 0 radical (unpaired) electrons. The van der Waals surface area contributed by atoms with Gasteiger partial charge in [0.15, 0.2) is 5.82 Å². The largest absolute Gasteiger partial charge is 0.416 e. The molecule has 0 amide bonds. The number of alkyl halides is 3. The minimum atomic E-state index is -4.36. The predicted molar refractivity (Wildman–Crippen MR) is 76.9 cm³/mol. The number of nitrogens with zero attached hydrogens (tertiary/aromatic N) is 2. The first-order valence-electron chi connectivity index (χ1n) is 6.73. The first-order valence-corrected chi connectivity index (χ1v) is 6.73. The lowest BCUT2D eigenvalue weighted by atomic mass is 10.1. The van der Waals surface area contributed by atoms with Crippen molar-refractivity contribution in [3.05, 3.63) is 47.1 Å². The number of likely N-dealkylation sites (N-methyl/N-ethyl adjacent to an activating group) is 1. The summed E-state index contributed by atoms with van der Waals surface area (Å²) in [6.45, 7) is 1.98.